The van der Waals surface area contributed by atoms with Gasteiger partial charge < -0.3 is 5.32 Å². The van der Waals surface area contributed by atoms with Crippen LogP contribution in [0.25, 0.3) is 0 Å². The maximum Gasteiger partial charge on any atom is 0.226 e. The zero-order valence-corrected chi connectivity index (χ0v) is 15.3. The minimum Gasteiger partial charge on any atom is -0.342 e. The highest BCUT2D eigenvalue weighted by Crippen LogP contribution is 2.23. The van der Waals surface area contributed by atoms with E-state index >= 15 is 0 Å². The molecule has 25 heavy (non-hydrogen) atoms. The second kappa shape index (κ2) is 8.61. The van der Waals surface area contributed by atoms with E-state index in [9.17, 15) is 9.59 Å². The SMILES string of the molecule is CCC(C)(C)C(=O)N[C@@H](C(=O)CCc1ccccc1)c1ccccc1. The van der Waals surface area contributed by atoms with E-state index in [-0.39, 0.29) is 11.7 Å². The number of hydrogen-bond donors (Lipinski definition) is 1. The van der Waals surface area contributed by atoms with Gasteiger partial charge in [-0.25, -0.2) is 0 Å². The normalized spacial score (nSPS) is 12.4. The third kappa shape index (κ3) is 5.28. The van der Waals surface area contributed by atoms with Crippen LogP contribution < -0.4 is 5.32 Å². The fourth-order valence-electron chi connectivity index (χ4n) is 2.54. The van der Waals surface area contributed by atoms with E-state index in [1.165, 1.54) is 0 Å². The molecule has 3 heteroatoms. The van der Waals surface area contributed by atoms with E-state index in [0.29, 0.717) is 12.8 Å². The molecule has 0 spiro atoms. The lowest BCUT2D eigenvalue weighted by Crippen LogP contribution is -2.41. The molecule has 0 aliphatic carbocycles. The number of amides is 1. The summed E-state index contributed by atoms with van der Waals surface area (Å²) >= 11 is 0. The Bertz CT molecular complexity index is 692. The van der Waals surface area contributed by atoms with Crippen molar-refractivity contribution in [2.75, 3.05) is 0 Å². The van der Waals surface area contributed by atoms with Gasteiger partial charge in [-0.15, -0.1) is 0 Å². The molecule has 0 heterocycles. The van der Waals surface area contributed by atoms with Gasteiger partial charge >= 0.3 is 0 Å². The molecule has 0 saturated heterocycles. The third-order valence-corrected chi connectivity index (χ3v) is 4.73. The van der Waals surface area contributed by atoms with Crippen LogP contribution in [0.1, 0.15) is 50.8 Å². The summed E-state index contributed by atoms with van der Waals surface area (Å²) in [7, 11) is 0. The number of rotatable bonds is 8. The molecule has 1 atom stereocenters. The summed E-state index contributed by atoms with van der Waals surface area (Å²) in [4.78, 5) is 25.4. The third-order valence-electron chi connectivity index (χ3n) is 4.73. The molecule has 2 aromatic carbocycles. The largest absolute Gasteiger partial charge is 0.342 e. The van der Waals surface area contributed by atoms with E-state index in [1.807, 2.05) is 81.4 Å². The molecule has 1 amide bonds. The molecule has 0 bridgehead atoms. The smallest absolute Gasteiger partial charge is 0.226 e. The summed E-state index contributed by atoms with van der Waals surface area (Å²) in [5, 5.41) is 2.97. The quantitative estimate of drug-likeness (QED) is 0.772. The number of ketones is 1. The predicted molar refractivity (Wildman–Crippen MR) is 101 cm³/mol. The van der Waals surface area contributed by atoms with Gasteiger partial charge in [-0.3, -0.25) is 9.59 Å². The molecule has 2 aromatic rings. The summed E-state index contributed by atoms with van der Waals surface area (Å²) < 4.78 is 0. The predicted octanol–water partition coefficient (Wildman–Crippen LogP) is 4.48. The number of aryl methyl sites for hydroxylation is 1. The van der Waals surface area contributed by atoms with Crippen LogP contribution >= 0.6 is 0 Å². The lowest BCUT2D eigenvalue weighted by Gasteiger charge is -2.26. The molecule has 1 N–H and O–H groups in total. The monoisotopic (exact) mass is 337 g/mol. The van der Waals surface area contributed by atoms with Crippen molar-refractivity contribution >= 4 is 11.7 Å². The standard InChI is InChI=1S/C22H27NO2/c1-4-22(2,3)21(25)23-20(18-13-9-6-10-14-18)19(24)16-15-17-11-7-5-8-12-17/h5-14,20H,4,15-16H2,1-3H3,(H,23,25)/t20-/m1/s1. The lowest BCUT2D eigenvalue weighted by molar-refractivity contribution is -0.133. The van der Waals surface area contributed by atoms with E-state index in [0.717, 1.165) is 17.5 Å². The van der Waals surface area contributed by atoms with Gasteiger partial charge in [0.1, 0.15) is 6.04 Å². The Morgan fingerprint density at radius 2 is 1.52 bits per heavy atom. The van der Waals surface area contributed by atoms with Crippen LogP contribution in [0.15, 0.2) is 60.7 Å². The van der Waals surface area contributed by atoms with Crippen molar-refractivity contribution in [3.63, 3.8) is 0 Å². The Labute approximate surface area is 150 Å². The molecule has 0 aromatic heterocycles. The number of nitrogens with one attached hydrogen (secondary N) is 1. The lowest BCUT2D eigenvalue weighted by atomic mass is 9.88. The molecule has 3 nitrogen and oxygen atoms in total. The van der Waals surface area contributed by atoms with Crippen molar-refractivity contribution in [2.24, 2.45) is 5.41 Å². The first-order valence-electron chi connectivity index (χ1n) is 8.86. The van der Waals surface area contributed by atoms with Crippen molar-refractivity contribution in [3.8, 4) is 0 Å². The summed E-state index contributed by atoms with van der Waals surface area (Å²) in [6.07, 6.45) is 1.80. The number of hydrogen-bond acceptors (Lipinski definition) is 2. The topological polar surface area (TPSA) is 46.2 Å². The van der Waals surface area contributed by atoms with Crippen molar-refractivity contribution < 1.29 is 9.59 Å². The van der Waals surface area contributed by atoms with Crippen LogP contribution in [0.5, 0.6) is 0 Å². The molecule has 0 aliphatic rings. The Balaban J connectivity index is 2.14. The summed E-state index contributed by atoms with van der Waals surface area (Å²) in [5.41, 5.74) is 1.47. The molecule has 0 aliphatic heterocycles. The van der Waals surface area contributed by atoms with Crippen molar-refractivity contribution in [3.05, 3.63) is 71.8 Å². The first kappa shape index (κ1) is 18.9. The van der Waals surface area contributed by atoms with Gasteiger partial charge in [-0.1, -0.05) is 81.4 Å². The molecular formula is C22H27NO2. The highest BCUT2D eigenvalue weighted by Gasteiger charge is 2.30. The Morgan fingerprint density at radius 1 is 0.960 bits per heavy atom. The van der Waals surface area contributed by atoms with Crippen molar-refractivity contribution in [2.45, 2.75) is 46.1 Å². The zero-order chi connectivity index (χ0) is 18.3. The van der Waals surface area contributed by atoms with Crippen molar-refractivity contribution in [1.82, 2.24) is 5.32 Å². The molecule has 2 rings (SSSR count). The van der Waals surface area contributed by atoms with Crippen LogP contribution in [0.3, 0.4) is 0 Å². The minimum atomic E-state index is -0.594. The van der Waals surface area contributed by atoms with Crippen LogP contribution in [-0.4, -0.2) is 11.7 Å². The van der Waals surface area contributed by atoms with Gasteiger partial charge in [0.25, 0.3) is 0 Å². The average Bonchev–Trinajstić information content (AvgIpc) is 2.65. The number of carbonyl (C=O) groups is 2. The van der Waals surface area contributed by atoms with E-state index in [1.54, 1.807) is 0 Å². The Morgan fingerprint density at radius 3 is 2.08 bits per heavy atom. The van der Waals surface area contributed by atoms with Gasteiger partial charge in [0, 0.05) is 11.8 Å². The van der Waals surface area contributed by atoms with E-state index in [4.69, 9.17) is 0 Å². The summed E-state index contributed by atoms with van der Waals surface area (Å²) in [5.74, 6) is -0.0489. The highest BCUT2D eigenvalue weighted by atomic mass is 16.2. The second-order valence-corrected chi connectivity index (χ2v) is 7.01. The number of carbonyl (C=O) groups excluding carboxylic acids is 2. The molecule has 132 valence electrons. The first-order valence-corrected chi connectivity index (χ1v) is 8.86. The number of Topliss-reactive ketones (excluding diaryl/α,β-unsaturated/α-hetero) is 1. The summed E-state index contributed by atoms with van der Waals surface area (Å²) in [6.45, 7) is 5.78. The molecule has 0 unspecified atom stereocenters. The average molecular weight is 337 g/mol. The van der Waals surface area contributed by atoms with E-state index < -0.39 is 11.5 Å². The number of benzene rings is 2. The van der Waals surface area contributed by atoms with Gasteiger partial charge in [-0.2, -0.15) is 0 Å². The van der Waals surface area contributed by atoms with E-state index in [2.05, 4.69) is 5.32 Å². The summed E-state index contributed by atoms with van der Waals surface area (Å²) in [6, 6.07) is 18.8. The Kier molecular flexibility index (Phi) is 6.51. The minimum absolute atomic E-state index is 0.0373. The maximum atomic E-state index is 12.9. The van der Waals surface area contributed by atoms with Gasteiger partial charge in [0.05, 0.1) is 0 Å². The Hall–Kier alpha value is -2.42. The van der Waals surface area contributed by atoms with Crippen molar-refractivity contribution in [1.29, 1.82) is 0 Å². The second-order valence-electron chi connectivity index (χ2n) is 7.01. The van der Waals surface area contributed by atoms with Gasteiger partial charge in [0.15, 0.2) is 5.78 Å². The molecule has 0 fully saturated rings. The van der Waals surface area contributed by atoms with Crippen LogP contribution in [0, 0.1) is 5.41 Å². The maximum absolute atomic E-state index is 12.9. The van der Waals surface area contributed by atoms with Gasteiger partial charge in [-0.05, 0) is 24.0 Å². The van der Waals surface area contributed by atoms with Crippen LogP contribution in [0.2, 0.25) is 0 Å². The molecular weight excluding hydrogens is 310 g/mol. The van der Waals surface area contributed by atoms with Crippen LogP contribution in [-0.2, 0) is 16.0 Å². The molecule has 0 saturated carbocycles. The fraction of sp³-hybridized carbons (Fsp3) is 0.364. The van der Waals surface area contributed by atoms with Gasteiger partial charge in [0.2, 0.25) is 5.91 Å². The highest BCUT2D eigenvalue weighted by molar-refractivity contribution is 5.91. The zero-order valence-electron chi connectivity index (χ0n) is 15.3. The first-order chi connectivity index (χ1) is 11.9. The molecule has 0 radical (unpaired) electrons. The fourth-order valence-corrected chi connectivity index (χ4v) is 2.54. The van der Waals surface area contributed by atoms with Crippen LogP contribution in [0.4, 0.5) is 0 Å².